The maximum absolute atomic E-state index is 10.6. The van der Waals surface area contributed by atoms with E-state index in [9.17, 15) is 4.79 Å². The van der Waals surface area contributed by atoms with Crippen LogP contribution in [0.5, 0.6) is 5.88 Å². The van der Waals surface area contributed by atoms with Gasteiger partial charge in [0.1, 0.15) is 12.9 Å². The molecule has 0 fully saturated rings. The highest BCUT2D eigenvalue weighted by Crippen LogP contribution is 2.09. The van der Waals surface area contributed by atoms with E-state index in [4.69, 9.17) is 4.74 Å². The predicted octanol–water partition coefficient (Wildman–Crippen LogP) is 2.47. The summed E-state index contributed by atoms with van der Waals surface area (Å²) < 4.78 is 5.46. The predicted molar refractivity (Wildman–Crippen MR) is 60.4 cm³/mol. The quantitative estimate of drug-likeness (QED) is 0.732. The van der Waals surface area contributed by atoms with Gasteiger partial charge in [-0.1, -0.05) is 24.3 Å². The molecule has 0 aliphatic rings. The number of benzene rings is 1. The summed E-state index contributed by atoms with van der Waals surface area (Å²) in [6, 6.07) is 12.8. The van der Waals surface area contributed by atoms with Crippen molar-refractivity contribution >= 4 is 6.29 Å². The van der Waals surface area contributed by atoms with E-state index in [0.717, 1.165) is 11.8 Å². The summed E-state index contributed by atoms with van der Waals surface area (Å²) in [6.07, 6.45) is 2.50. The highest BCUT2D eigenvalue weighted by atomic mass is 16.5. The largest absolute Gasteiger partial charge is 0.473 e. The van der Waals surface area contributed by atoms with E-state index < -0.39 is 0 Å². The average molecular weight is 213 g/mol. The van der Waals surface area contributed by atoms with Gasteiger partial charge in [0.2, 0.25) is 5.88 Å². The zero-order valence-electron chi connectivity index (χ0n) is 8.67. The molecule has 0 radical (unpaired) electrons. The van der Waals surface area contributed by atoms with Crippen molar-refractivity contribution in [3.63, 3.8) is 0 Å². The molecular formula is C13H11NO2. The lowest BCUT2D eigenvalue weighted by Gasteiger charge is -2.04. The molecule has 0 saturated carbocycles. The van der Waals surface area contributed by atoms with E-state index in [2.05, 4.69) is 4.98 Å². The first kappa shape index (κ1) is 10.4. The smallest absolute Gasteiger partial charge is 0.213 e. The summed E-state index contributed by atoms with van der Waals surface area (Å²) in [5.74, 6) is 0.582. The van der Waals surface area contributed by atoms with Gasteiger partial charge in [0, 0.05) is 17.8 Å². The molecule has 0 unspecified atom stereocenters. The van der Waals surface area contributed by atoms with E-state index in [-0.39, 0.29) is 0 Å². The average Bonchev–Trinajstić information content (AvgIpc) is 2.38. The van der Waals surface area contributed by atoms with Gasteiger partial charge in [-0.25, -0.2) is 4.98 Å². The maximum Gasteiger partial charge on any atom is 0.213 e. The molecule has 0 atom stereocenters. The van der Waals surface area contributed by atoms with E-state index in [1.54, 1.807) is 24.4 Å². The second kappa shape index (κ2) is 5.07. The second-order valence-electron chi connectivity index (χ2n) is 3.32. The third-order valence-electron chi connectivity index (χ3n) is 2.11. The SMILES string of the molecule is O=Cc1cccc(COc2ccccn2)c1. The Hall–Kier alpha value is -2.16. The molecule has 1 aromatic heterocycles. The molecule has 3 nitrogen and oxygen atoms in total. The zero-order chi connectivity index (χ0) is 11.2. The van der Waals surface area contributed by atoms with Crippen LogP contribution in [-0.4, -0.2) is 11.3 Å². The van der Waals surface area contributed by atoms with E-state index >= 15 is 0 Å². The van der Waals surface area contributed by atoms with Crippen LogP contribution < -0.4 is 4.74 Å². The molecule has 0 saturated heterocycles. The van der Waals surface area contributed by atoms with Crippen molar-refractivity contribution in [3.8, 4) is 5.88 Å². The molecule has 0 amide bonds. The number of carbonyl (C=O) groups is 1. The van der Waals surface area contributed by atoms with Crippen molar-refractivity contribution in [2.45, 2.75) is 6.61 Å². The normalized spacial score (nSPS) is 9.75. The van der Waals surface area contributed by atoms with Gasteiger partial charge in [-0.3, -0.25) is 4.79 Å². The summed E-state index contributed by atoms with van der Waals surface area (Å²) in [5, 5.41) is 0. The molecule has 0 aliphatic heterocycles. The molecular weight excluding hydrogens is 202 g/mol. The summed E-state index contributed by atoms with van der Waals surface area (Å²) in [6.45, 7) is 0.415. The van der Waals surface area contributed by atoms with Crippen LogP contribution in [0.4, 0.5) is 0 Å². The van der Waals surface area contributed by atoms with Crippen molar-refractivity contribution in [3.05, 3.63) is 59.8 Å². The fraction of sp³-hybridized carbons (Fsp3) is 0.0769. The number of nitrogens with zero attached hydrogens (tertiary/aromatic N) is 1. The summed E-state index contributed by atoms with van der Waals surface area (Å²) in [5.41, 5.74) is 1.61. The minimum atomic E-state index is 0.415. The monoisotopic (exact) mass is 213 g/mol. The molecule has 80 valence electrons. The molecule has 0 spiro atoms. The number of rotatable bonds is 4. The Morgan fingerprint density at radius 1 is 1.19 bits per heavy atom. The molecule has 2 aromatic rings. The van der Waals surface area contributed by atoms with Crippen LogP contribution in [0.15, 0.2) is 48.7 Å². The molecule has 2 rings (SSSR count). The Morgan fingerprint density at radius 3 is 2.88 bits per heavy atom. The molecule has 1 aromatic carbocycles. The first-order valence-electron chi connectivity index (χ1n) is 4.96. The minimum Gasteiger partial charge on any atom is -0.473 e. The lowest BCUT2D eigenvalue weighted by Crippen LogP contribution is -1.97. The van der Waals surface area contributed by atoms with Gasteiger partial charge < -0.3 is 4.74 Å². The lowest BCUT2D eigenvalue weighted by atomic mass is 10.1. The van der Waals surface area contributed by atoms with E-state index in [1.165, 1.54) is 0 Å². The summed E-state index contributed by atoms with van der Waals surface area (Å²) >= 11 is 0. The van der Waals surface area contributed by atoms with Gasteiger partial charge >= 0.3 is 0 Å². The fourth-order valence-electron chi connectivity index (χ4n) is 1.35. The Labute approximate surface area is 93.7 Å². The van der Waals surface area contributed by atoms with Gasteiger partial charge in [0.25, 0.3) is 0 Å². The highest BCUT2D eigenvalue weighted by Gasteiger charge is 1.97. The minimum absolute atomic E-state index is 0.415. The number of ether oxygens (including phenoxy) is 1. The van der Waals surface area contributed by atoms with Crippen molar-refractivity contribution in [1.82, 2.24) is 4.98 Å². The van der Waals surface area contributed by atoms with Crippen molar-refractivity contribution in [2.24, 2.45) is 0 Å². The van der Waals surface area contributed by atoms with Gasteiger partial charge in [0.15, 0.2) is 0 Å². The Morgan fingerprint density at radius 2 is 2.12 bits per heavy atom. The van der Waals surface area contributed by atoms with Crippen LogP contribution in [0, 0.1) is 0 Å². The van der Waals surface area contributed by atoms with Crippen LogP contribution in [0.1, 0.15) is 15.9 Å². The zero-order valence-corrected chi connectivity index (χ0v) is 8.67. The number of hydrogen-bond donors (Lipinski definition) is 0. The van der Waals surface area contributed by atoms with Crippen LogP contribution >= 0.6 is 0 Å². The Kier molecular flexibility index (Phi) is 3.28. The molecule has 0 aliphatic carbocycles. The van der Waals surface area contributed by atoms with Gasteiger partial charge in [-0.05, 0) is 17.7 Å². The molecule has 0 N–H and O–H groups in total. The maximum atomic E-state index is 10.6. The number of pyridine rings is 1. The second-order valence-corrected chi connectivity index (χ2v) is 3.32. The van der Waals surface area contributed by atoms with Gasteiger partial charge in [-0.15, -0.1) is 0 Å². The standard InChI is InChI=1S/C13H11NO2/c15-9-11-4-3-5-12(8-11)10-16-13-6-1-2-7-14-13/h1-9H,10H2. The van der Waals surface area contributed by atoms with Crippen LogP contribution in [0.3, 0.4) is 0 Å². The first-order chi connectivity index (χ1) is 7.88. The first-order valence-corrected chi connectivity index (χ1v) is 4.96. The Bertz CT molecular complexity index is 468. The Balaban J connectivity index is 2.02. The molecule has 0 bridgehead atoms. The van der Waals surface area contributed by atoms with Crippen LogP contribution in [0.2, 0.25) is 0 Å². The third kappa shape index (κ3) is 2.67. The van der Waals surface area contributed by atoms with E-state index in [1.807, 2.05) is 24.3 Å². The highest BCUT2D eigenvalue weighted by molar-refractivity contribution is 5.74. The topological polar surface area (TPSA) is 39.2 Å². The van der Waals surface area contributed by atoms with Crippen LogP contribution in [0.25, 0.3) is 0 Å². The lowest BCUT2D eigenvalue weighted by molar-refractivity contribution is 0.112. The summed E-state index contributed by atoms with van der Waals surface area (Å²) in [7, 11) is 0. The molecule has 3 heteroatoms. The third-order valence-corrected chi connectivity index (χ3v) is 2.11. The number of aromatic nitrogens is 1. The number of carbonyl (C=O) groups excluding carboxylic acids is 1. The fourth-order valence-corrected chi connectivity index (χ4v) is 1.35. The van der Waals surface area contributed by atoms with Crippen LogP contribution in [-0.2, 0) is 6.61 Å². The number of hydrogen-bond acceptors (Lipinski definition) is 3. The van der Waals surface area contributed by atoms with E-state index in [0.29, 0.717) is 18.1 Å². The molecule has 16 heavy (non-hydrogen) atoms. The van der Waals surface area contributed by atoms with Crippen molar-refractivity contribution in [1.29, 1.82) is 0 Å². The molecule has 1 heterocycles. The summed E-state index contributed by atoms with van der Waals surface area (Å²) in [4.78, 5) is 14.6. The number of aldehydes is 1. The van der Waals surface area contributed by atoms with Gasteiger partial charge in [-0.2, -0.15) is 0 Å². The van der Waals surface area contributed by atoms with Gasteiger partial charge in [0.05, 0.1) is 0 Å². The van der Waals surface area contributed by atoms with Crippen molar-refractivity contribution in [2.75, 3.05) is 0 Å². The van der Waals surface area contributed by atoms with Crippen molar-refractivity contribution < 1.29 is 9.53 Å².